The number of aromatic nitrogens is 1. The van der Waals surface area contributed by atoms with Crippen LogP contribution in [0.4, 0.5) is 0 Å². The Bertz CT molecular complexity index is 1850. The first-order valence-corrected chi connectivity index (χ1v) is 21.9. The molecule has 3 amide bonds. The molecule has 0 bridgehead atoms. The first-order valence-electron chi connectivity index (χ1n) is 21.9. The molecule has 3 aliphatic heterocycles. The topological polar surface area (TPSA) is 183 Å². The number of hydrogen-bond acceptors (Lipinski definition) is 11. The summed E-state index contributed by atoms with van der Waals surface area (Å²) in [5, 5.41) is 39.9. The largest absolute Gasteiger partial charge is 0.387 e. The Labute approximate surface area is 355 Å². The van der Waals surface area contributed by atoms with Crippen LogP contribution < -0.4 is 5.32 Å². The Morgan fingerprint density at radius 2 is 1.73 bits per heavy atom. The second kappa shape index (κ2) is 18.6. The zero-order valence-corrected chi connectivity index (χ0v) is 37.2. The SMILES string of the molecule is CO[C@]1(C)C[C@H](C2[C@@H](C)C(=O)NC(/C=C/c3c[nH]c4ccccc34)CC(=O)N(C(=O)C3CC3)C[C@H](C)C[C@@](C)(O)[C@H](O[C@@H]3O[C@H](C)C[C@H](N(C)C)[C@H]3O)[C@H]2C)O[C@@H](C)[C@@H]1O. The van der Waals surface area contributed by atoms with E-state index < -0.39 is 77.7 Å². The first-order chi connectivity index (χ1) is 28.2. The fraction of sp³-hybridized carbons (Fsp3) is 0.717. The molecule has 0 spiro atoms. The van der Waals surface area contributed by atoms with Gasteiger partial charge in [0, 0.05) is 61.0 Å². The molecule has 4 heterocycles. The number of rotatable bonds is 8. The van der Waals surface area contributed by atoms with Crippen LogP contribution in [0.2, 0.25) is 0 Å². The van der Waals surface area contributed by atoms with Crippen molar-refractivity contribution in [2.75, 3.05) is 27.7 Å². The maximum Gasteiger partial charge on any atom is 0.232 e. The number of aromatic amines is 1. The van der Waals surface area contributed by atoms with E-state index in [2.05, 4.69) is 10.3 Å². The number of H-pyrrole nitrogens is 1. The van der Waals surface area contributed by atoms with Crippen molar-refractivity contribution in [2.45, 2.75) is 153 Å². The Balaban J connectivity index is 1.44. The van der Waals surface area contributed by atoms with Crippen molar-refractivity contribution in [1.82, 2.24) is 20.1 Å². The molecule has 1 saturated carbocycles. The van der Waals surface area contributed by atoms with E-state index >= 15 is 0 Å². The number of aliphatic hydroxyl groups is 3. The normalized spacial score (nSPS) is 40.5. The van der Waals surface area contributed by atoms with Gasteiger partial charge in [-0.15, -0.1) is 0 Å². The highest BCUT2D eigenvalue weighted by Crippen LogP contribution is 2.44. The van der Waals surface area contributed by atoms with Crippen LogP contribution in [-0.2, 0) is 33.3 Å². The van der Waals surface area contributed by atoms with Gasteiger partial charge < -0.3 is 49.5 Å². The van der Waals surface area contributed by atoms with Crippen LogP contribution in [0, 0.1) is 29.6 Å². The number of hydrogen-bond donors (Lipinski definition) is 5. The Hall–Kier alpha value is -3.21. The van der Waals surface area contributed by atoms with Crippen LogP contribution in [0.5, 0.6) is 0 Å². The molecule has 334 valence electrons. The number of fused-ring (bicyclic) bond motifs is 1. The van der Waals surface area contributed by atoms with Gasteiger partial charge in [-0.3, -0.25) is 19.3 Å². The number of carbonyl (C=O) groups excluding carboxylic acids is 3. The molecule has 5 N–H and O–H groups in total. The molecule has 2 unspecified atom stereocenters. The highest BCUT2D eigenvalue weighted by atomic mass is 16.7. The van der Waals surface area contributed by atoms with E-state index in [1.807, 2.05) is 89.3 Å². The number of likely N-dealkylation sites (N-methyl/N-ethyl adjacent to an activating group) is 1. The molecule has 1 aromatic heterocycles. The summed E-state index contributed by atoms with van der Waals surface area (Å²) >= 11 is 0. The molecular weight excluding hydrogens is 769 g/mol. The number of imide groups is 1. The lowest BCUT2D eigenvalue weighted by atomic mass is 9.68. The van der Waals surface area contributed by atoms with Crippen LogP contribution in [0.3, 0.4) is 0 Å². The van der Waals surface area contributed by atoms with E-state index in [1.54, 1.807) is 27.9 Å². The van der Waals surface area contributed by atoms with Crippen LogP contribution in [0.15, 0.2) is 36.5 Å². The van der Waals surface area contributed by atoms with Crippen LogP contribution >= 0.6 is 0 Å². The van der Waals surface area contributed by atoms with Crippen molar-refractivity contribution in [3.63, 3.8) is 0 Å². The zero-order chi connectivity index (χ0) is 43.8. The van der Waals surface area contributed by atoms with Gasteiger partial charge in [-0.25, -0.2) is 0 Å². The molecule has 1 aliphatic carbocycles. The molecule has 14 nitrogen and oxygen atoms in total. The number of amides is 3. The van der Waals surface area contributed by atoms with Gasteiger partial charge in [0.25, 0.3) is 0 Å². The fourth-order valence-corrected chi connectivity index (χ4v) is 10.3. The van der Waals surface area contributed by atoms with E-state index in [0.717, 1.165) is 16.5 Å². The van der Waals surface area contributed by atoms with Crippen molar-refractivity contribution < 1.29 is 48.7 Å². The zero-order valence-electron chi connectivity index (χ0n) is 37.2. The molecule has 6 rings (SSSR count). The number of methoxy groups -OCH3 is 1. The van der Waals surface area contributed by atoms with Crippen LogP contribution in [0.25, 0.3) is 17.0 Å². The molecule has 15 atom stereocenters. The van der Waals surface area contributed by atoms with E-state index in [-0.39, 0.29) is 61.6 Å². The third-order valence-corrected chi connectivity index (χ3v) is 13.8. The van der Waals surface area contributed by atoms with E-state index in [0.29, 0.717) is 19.3 Å². The van der Waals surface area contributed by atoms with Crippen LogP contribution in [0.1, 0.15) is 92.6 Å². The molecule has 0 radical (unpaired) electrons. The summed E-state index contributed by atoms with van der Waals surface area (Å²) in [6.07, 6.45) is 2.00. The average Bonchev–Trinajstić information content (AvgIpc) is 3.96. The highest BCUT2D eigenvalue weighted by Gasteiger charge is 2.54. The van der Waals surface area contributed by atoms with Gasteiger partial charge in [0.15, 0.2) is 6.29 Å². The molecule has 4 fully saturated rings. The quantitative estimate of drug-likeness (QED) is 0.240. The minimum absolute atomic E-state index is 0.0632. The smallest absolute Gasteiger partial charge is 0.232 e. The minimum Gasteiger partial charge on any atom is -0.387 e. The van der Waals surface area contributed by atoms with E-state index in [9.17, 15) is 29.7 Å². The lowest BCUT2D eigenvalue weighted by Gasteiger charge is -2.51. The summed E-state index contributed by atoms with van der Waals surface area (Å²) < 4.78 is 25.7. The first kappa shape index (κ1) is 46.3. The molecule has 2 aromatic rings. The van der Waals surface area contributed by atoms with Gasteiger partial charge in [-0.2, -0.15) is 0 Å². The monoisotopic (exact) mass is 839 g/mol. The number of aliphatic hydroxyl groups excluding tert-OH is 2. The molecule has 60 heavy (non-hydrogen) atoms. The maximum atomic E-state index is 14.9. The number of para-hydroxylation sites is 1. The number of ether oxygens (including phenoxy) is 4. The summed E-state index contributed by atoms with van der Waals surface area (Å²) in [7, 11) is 5.33. The molecule has 4 aliphatic rings. The lowest BCUT2D eigenvalue weighted by molar-refractivity contribution is -0.302. The highest BCUT2D eigenvalue weighted by molar-refractivity contribution is 5.98. The van der Waals surface area contributed by atoms with E-state index in [4.69, 9.17) is 18.9 Å². The summed E-state index contributed by atoms with van der Waals surface area (Å²) in [4.78, 5) is 49.6. The van der Waals surface area contributed by atoms with Crippen molar-refractivity contribution in [3.05, 3.63) is 42.1 Å². The fourth-order valence-electron chi connectivity index (χ4n) is 10.3. The summed E-state index contributed by atoms with van der Waals surface area (Å²) in [5.74, 6) is -3.70. The van der Waals surface area contributed by atoms with Crippen molar-refractivity contribution >= 4 is 34.7 Å². The number of nitrogens with one attached hydrogen (secondary N) is 2. The number of benzene rings is 1. The van der Waals surface area contributed by atoms with E-state index in [1.165, 1.54) is 4.90 Å². The standard InChI is InChI=1S/C46H70N4O10/c1-25-21-45(6,56)41(60-44-39(52)35(49(8)9)19-26(2)58-44)27(3)38(36-22-46(7,57-10)40(53)29(5)59-36)28(4)42(54)48-32(20-37(51)50(24-25)43(55)30-15-16-30)18-17-31-23-47-34-14-12-11-13-33(31)34/h11-14,17-18,23,25-30,32,35-36,38-41,44,47,52-53,56H,15-16,19-22,24H2,1-10H3,(H,48,54)/b18-17+/t25-,26-,27+,28-,29+,32?,35+,36-,38?,39-,40+,41-,44+,45-,46-/m1/s1. The maximum absolute atomic E-state index is 14.9. The van der Waals surface area contributed by atoms with Gasteiger partial charge in [-0.1, -0.05) is 51.1 Å². The summed E-state index contributed by atoms with van der Waals surface area (Å²) in [6, 6.07) is 6.79. The predicted molar refractivity (Wildman–Crippen MR) is 227 cm³/mol. The third-order valence-electron chi connectivity index (χ3n) is 13.8. The van der Waals surface area contributed by atoms with Crippen molar-refractivity contribution in [1.29, 1.82) is 0 Å². The van der Waals surface area contributed by atoms with Gasteiger partial charge >= 0.3 is 0 Å². The van der Waals surface area contributed by atoms with Crippen molar-refractivity contribution in [2.24, 2.45) is 29.6 Å². The lowest BCUT2D eigenvalue weighted by Crippen LogP contribution is -2.62. The molecule has 3 saturated heterocycles. The average molecular weight is 839 g/mol. The summed E-state index contributed by atoms with van der Waals surface area (Å²) in [6.45, 7) is 12.9. The van der Waals surface area contributed by atoms with Gasteiger partial charge in [0.2, 0.25) is 17.7 Å². The minimum atomic E-state index is -1.62. The molecular formula is C46H70N4O10. The predicted octanol–water partition coefficient (Wildman–Crippen LogP) is 4.26. The Kier molecular flexibility index (Phi) is 14.4. The second-order valence-corrected chi connectivity index (χ2v) is 19.2. The molecule has 14 heteroatoms. The third kappa shape index (κ3) is 10.0. The van der Waals surface area contributed by atoms with Crippen LogP contribution in [-0.4, -0.2) is 142 Å². The van der Waals surface area contributed by atoms with Gasteiger partial charge in [-0.05, 0) is 90.9 Å². The number of carbonyl (C=O) groups is 3. The van der Waals surface area contributed by atoms with Crippen molar-refractivity contribution in [3.8, 4) is 0 Å². The Morgan fingerprint density at radius 1 is 1.03 bits per heavy atom. The van der Waals surface area contributed by atoms with Gasteiger partial charge in [0.05, 0.1) is 48.1 Å². The Morgan fingerprint density at radius 3 is 2.40 bits per heavy atom. The van der Waals surface area contributed by atoms with Gasteiger partial charge in [0.1, 0.15) is 12.2 Å². The second-order valence-electron chi connectivity index (χ2n) is 19.2. The number of nitrogens with zero attached hydrogens (tertiary/aromatic N) is 2. The molecule has 1 aromatic carbocycles. The summed E-state index contributed by atoms with van der Waals surface area (Å²) in [5.41, 5.74) is -0.811.